The van der Waals surface area contributed by atoms with Crippen LogP contribution in [-0.2, 0) is 4.79 Å². The van der Waals surface area contributed by atoms with E-state index in [-0.39, 0.29) is 41.2 Å². The quantitative estimate of drug-likeness (QED) is 0.811. The van der Waals surface area contributed by atoms with Crippen LogP contribution in [0.5, 0.6) is 0 Å². The predicted octanol–water partition coefficient (Wildman–Crippen LogP) is 2.62. The van der Waals surface area contributed by atoms with Gasteiger partial charge in [-0.15, -0.1) is 12.4 Å². The first-order chi connectivity index (χ1) is 12.0. The number of hydrogen-bond acceptors (Lipinski definition) is 3. The third-order valence-electron chi connectivity index (χ3n) is 4.91. The van der Waals surface area contributed by atoms with Crippen molar-refractivity contribution >= 4 is 35.8 Å². The van der Waals surface area contributed by atoms with Crippen molar-refractivity contribution in [2.75, 3.05) is 26.2 Å². The largest absolute Gasteiger partial charge is 0.354 e. The monoisotopic (exact) mass is 403 g/mol. The Balaban J connectivity index is 0.00000243. The van der Waals surface area contributed by atoms with Gasteiger partial charge < -0.3 is 15.5 Å². The second-order valence-corrected chi connectivity index (χ2v) is 7.19. The van der Waals surface area contributed by atoms with Crippen molar-refractivity contribution in [1.82, 2.24) is 15.5 Å². The summed E-state index contributed by atoms with van der Waals surface area (Å²) < 4.78 is 13.3. The van der Waals surface area contributed by atoms with E-state index in [1.54, 1.807) is 4.90 Å². The fraction of sp³-hybridized carbons (Fsp3) is 0.556. The first-order valence-electron chi connectivity index (χ1n) is 8.80. The SMILES string of the molecule is Cl.O=C(NCC1CCCN(C(=O)c2ccc(F)c(Cl)c2)C1)C1CCCN1. The van der Waals surface area contributed by atoms with Gasteiger partial charge in [-0.1, -0.05) is 11.6 Å². The van der Waals surface area contributed by atoms with Gasteiger partial charge in [0.15, 0.2) is 0 Å². The molecule has 2 aliphatic rings. The van der Waals surface area contributed by atoms with Crippen molar-refractivity contribution < 1.29 is 14.0 Å². The number of nitrogens with zero attached hydrogens (tertiary/aromatic N) is 1. The van der Waals surface area contributed by atoms with Crippen molar-refractivity contribution in [3.8, 4) is 0 Å². The second-order valence-electron chi connectivity index (χ2n) is 6.78. The Morgan fingerprint density at radius 1 is 1.31 bits per heavy atom. The van der Waals surface area contributed by atoms with Crippen LogP contribution in [0.25, 0.3) is 0 Å². The third kappa shape index (κ3) is 5.09. The molecule has 2 aliphatic heterocycles. The molecule has 0 aromatic heterocycles. The normalized spacial score (nSPS) is 22.6. The van der Waals surface area contributed by atoms with Crippen molar-refractivity contribution in [1.29, 1.82) is 0 Å². The number of nitrogens with one attached hydrogen (secondary N) is 2. The molecule has 1 aromatic carbocycles. The zero-order valence-electron chi connectivity index (χ0n) is 14.5. The number of carbonyl (C=O) groups excluding carboxylic acids is 2. The number of likely N-dealkylation sites (tertiary alicyclic amines) is 1. The molecular weight excluding hydrogens is 380 g/mol. The van der Waals surface area contributed by atoms with Gasteiger partial charge in [-0.3, -0.25) is 9.59 Å². The maximum atomic E-state index is 13.3. The average Bonchev–Trinajstić information content (AvgIpc) is 3.16. The molecule has 8 heteroatoms. The highest BCUT2D eigenvalue weighted by atomic mass is 35.5. The first-order valence-corrected chi connectivity index (χ1v) is 9.18. The van der Waals surface area contributed by atoms with Gasteiger partial charge in [0, 0.05) is 25.2 Å². The van der Waals surface area contributed by atoms with Gasteiger partial charge in [-0.05, 0) is 56.3 Å². The van der Waals surface area contributed by atoms with Crippen LogP contribution in [0.2, 0.25) is 5.02 Å². The van der Waals surface area contributed by atoms with Gasteiger partial charge in [-0.2, -0.15) is 0 Å². The summed E-state index contributed by atoms with van der Waals surface area (Å²) in [6.45, 7) is 2.73. The highest BCUT2D eigenvalue weighted by Crippen LogP contribution is 2.21. The molecule has 0 saturated carbocycles. The molecule has 0 aliphatic carbocycles. The fourth-order valence-corrected chi connectivity index (χ4v) is 3.68. The van der Waals surface area contributed by atoms with Crippen molar-refractivity contribution in [2.24, 2.45) is 5.92 Å². The van der Waals surface area contributed by atoms with Crippen molar-refractivity contribution in [3.05, 3.63) is 34.6 Å². The Morgan fingerprint density at radius 2 is 2.12 bits per heavy atom. The van der Waals surface area contributed by atoms with E-state index >= 15 is 0 Å². The lowest BCUT2D eigenvalue weighted by atomic mass is 9.97. The van der Waals surface area contributed by atoms with Crippen LogP contribution in [0.1, 0.15) is 36.0 Å². The van der Waals surface area contributed by atoms with E-state index in [2.05, 4.69) is 10.6 Å². The topological polar surface area (TPSA) is 61.4 Å². The number of halogens is 3. The van der Waals surface area contributed by atoms with E-state index in [4.69, 9.17) is 11.6 Å². The molecule has 0 radical (unpaired) electrons. The fourth-order valence-electron chi connectivity index (χ4n) is 3.50. The lowest BCUT2D eigenvalue weighted by Crippen LogP contribution is -2.46. The van der Waals surface area contributed by atoms with Crippen LogP contribution in [0.4, 0.5) is 4.39 Å². The Hall–Kier alpha value is -1.37. The van der Waals surface area contributed by atoms with Gasteiger partial charge in [0.05, 0.1) is 11.1 Å². The molecule has 5 nitrogen and oxygen atoms in total. The predicted molar refractivity (Wildman–Crippen MR) is 101 cm³/mol. The smallest absolute Gasteiger partial charge is 0.253 e. The van der Waals surface area contributed by atoms with E-state index in [1.807, 2.05) is 0 Å². The van der Waals surface area contributed by atoms with Gasteiger partial charge in [0.25, 0.3) is 5.91 Å². The summed E-state index contributed by atoms with van der Waals surface area (Å²) in [5, 5.41) is 6.14. The van der Waals surface area contributed by atoms with Crippen molar-refractivity contribution in [2.45, 2.75) is 31.7 Å². The van der Waals surface area contributed by atoms with Crippen LogP contribution in [0.15, 0.2) is 18.2 Å². The van der Waals surface area contributed by atoms with E-state index in [1.165, 1.54) is 18.2 Å². The minimum Gasteiger partial charge on any atom is -0.354 e. The molecule has 2 amide bonds. The molecule has 2 unspecified atom stereocenters. The zero-order chi connectivity index (χ0) is 17.8. The maximum absolute atomic E-state index is 13.3. The van der Waals surface area contributed by atoms with E-state index < -0.39 is 5.82 Å². The molecule has 144 valence electrons. The Bertz CT molecular complexity index is 653. The van der Waals surface area contributed by atoms with Crippen LogP contribution in [-0.4, -0.2) is 48.9 Å². The van der Waals surface area contributed by atoms with E-state index in [0.717, 1.165) is 32.2 Å². The maximum Gasteiger partial charge on any atom is 0.253 e. The molecule has 3 rings (SSSR count). The van der Waals surface area contributed by atoms with Crippen LogP contribution >= 0.6 is 24.0 Å². The molecule has 2 fully saturated rings. The number of rotatable bonds is 4. The molecule has 0 bridgehead atoms. The summed E-state index contributed by atoms with van der Waals surface area (Å²) in [5.41, 5.74) is 0.395. The highest BCUT2D eigenvalue weighted by molar-refractivity contribution is 6.31. The standard InChI is InChI=1S/C18H23ClFN3O2.ClH/c19-14-9-13(5-6-15(14)20)18(25)23-8-2-3-12(11-23)10-22-17(24)16-4-1-7-21-16;/h5-6,9,12,16,21H,1-4,7-8,10-11H2,(H,22,24);1H. The van der Waals surface area contributed by atoms with Crippen LogP contribution in [0, 0.1) is 11.7 Å². The number of hydrogen-bond donors (Lipinski definition) is 2. The lowest BCUT2D eigenvalue weighted by molar-refractivity contribution is -0.123. The first kappa shape index (κ1) is 20.9. The summed E-state index contributed by atoms with van der Waals surface area (Å²) in [7, 11) is 0. The minimum atomic E-state index is -0.530. The van der Waals surface area contributed by atoms with E-state index in [9.17, 15) is 14.0 Å². The Labute approximate surface area is 164 Å². The summed E-state index contributed by atoms with van der Waals surface area (Å²) in [5.74, 6) is -0.390. The molecule has 2 saturated heterocycles. The van der Waals surface area contributed by atoms with Gasteiger partial charge in [-0.25, -0.2) is 4.39 Å². The summed E-state index contributed by atoms with van der Waals surface area (Å²) >= 11 is 5.77. The second kappa shape index (κ2) is 9.53. The summed E-state index contributed by atoms with van der Waals surface area (Å²) in [6, 6.07) is 3.96. The molecule has 0 spiro atoms. The van der Waals surface area contributed by atoms with Crippen LogP contribution in [0.3, 0.4) is 0 Å². The van der Waals surface area contributed by atoms with Gasteiger partial charge in [0.1, 0.15) is 5.82 Å². The molecule has 2 N–H and O–H groups in total. The lowest BCUT2D eigenvalue weighted by Gasteiger charge is -2.33. The van der Waals surface area contributed by atoms with Gasteiger partial charge in [0.2, 0.25) is 5.91 Å². The molecule has 26 heavy (non-hydrogen) atoms. The number of carbonyl (C=O) groups is 2. The molecule has 1 aromatic rings. The van der Waals surface area contributed by atoms with E-state index in [0.29, 0.717) is 25.2 Å². The zero-order valence-corrected chi connectivity index (χ0v) is 16.0. The third-order valence-corrected chi connectivity index (χ3v) is 5.20. The number of amides is 2. The van der Waals surface area contributed by atoms with Crippen LogP contribution < -0.4 is 10.6 Å². The van der Waals surface area contributed by atoms with Gasteiger partial charge >= 0.3 is 0 Å². The summed E-state index contributed by atoms with van der Waals surface area (Å²) in [6.07, 6.45) is 3.78. The van der Waals surface area contributed by atoms with Crippen molar-refractivity contribution in [3.63, 3.8) is 0 Å². The Morgan fingerprint density at radius 3 is 2.81 bits per heavy atom. The molecule has 2 atom stereocenters. The summed E-state index contributed by atoms with van der Waals surface area (Å²) in [4.78, 5) is 26.5. The number of piperidine rings is 1. The minimum absolute atomic E-state index is 0. The molecular formula is C18H24Cl2FN3O2. The average molecular weight is 404 g/mol. The highest BCUT2D eigenvalue weighted by Gasteiger charge is 2.27. The number of benzene rings is 1. The Kier molecular flexibility index (Phi) is 7.68. The molecule has 2 heterocycles.